The number of rotatable bonds is 4. The van der Waals surface area contributed by atoms with Crippen molar-refractivity contribution in [2.75, 3.05) is 13.1 Å². The third-order valence-corrected chi connectivity index (χ3v) is 5.87. The number of carbonyl (C=O) groups excluding carboxylic acids is 1. The highest BCUT2D eigenvalue weighted by Crippen LogP contribution is 2.29. The number of piperidine rings is 1. The highest BCUT2D eigenvalue weighted by Gasteiger charge is 2.28. The summed E-state index contributed by atoms with van der Waals surface area (Å²) in [7, 11) is 0. The van der Waals surface area contributed by atoms with E-state index >= 15 is 0 Å². The molecule has 2 aromatic heterocycles. The number of carbonyl (C=O) groups is 1. The molecule has 0 N–H and O–H groups in total. The highest BCUT2D eigenvalue weighted by molar-refractivity contribution is 5.94. The van der Waals surface area contributed by atoms with Crippen molar-refractivity contribution >= 4 is 5.91 Å². The first-order valence-corrected chi connectivity index (χ1v) is 10.8. The largest absolute Gasteiger partial charge is 0.339 e. The molecule has 3 heterocycles. The lowest BCUT2D eigenvalue weighted by molar-refractivity contribution is 0.0704. The Kier molecular flexibility index (Phi) is 5.56. The maximum Gasteiger partial charge on any atom is 0.255 e. The first-order chi connectivity index (χ1) is 16.1. The number of likely N-dealkylation sites (tertiary alicyclic amines) is 1. The van der Waals surface area contributed by atoms with Crippen molar-refractivity contribution in [3.8, 4) is 17.1 Å². The quantitative estimate of drug-likeness (QED) is 0.474. The third-order valence-electron chi connectivity index (χ3n) is 5.87. The normalized spacial score (nSPS) is 14.4. The van der Waals surface area contributed by atoms with Gasteiger partial charge in [0.25, 0.3) is 11.5 Å². The Morgan fingerprint density at radius 3 is 2.42 bits per heavy atom. The molecule has 1 aliphatic heterocycles. The second-order valence-corrected chi connectivity index (χ2v) is 7.99. The fraction of sp³-hybridized carbons (Fsp3) is 0.200. The minimum atomic E-state index is -0.321. The van der Waals surface area contributed by atoms with E-state index in [2.05, 4.69) is 10.1 Å². The van der Waals surface area contributed by atoms with Crippen molar-refractivity contribution in [3.63, 3.8) is 0 Å². The van der Waals surface area contributed by atoms with Gasteiger partial charge in [-0.2, -0.15) is 4.98 Å². The number of nitrogens with zero attached hydrogens (tertiary/aromatic N) is 4. The average Bonchev–Trinajstić information content (AvgIpc) is 3.35. The van der Waals surface area contributed by atoms with E-state index in [1.54, 1.807) is 29.3 Å². The van der Waals surface area contributed by atoms with E-state index in [0.29, 0.717) is 54.5 Å². The molecule has 0 unspecified atom stereocenters. The van der Waals surface area contributed by atoms with Crippen LogP contribution < -0.4 is 5.56 Å². The number of hydrogen-bond acceptors (Lipinski definition) is 5. The van der Waals surface area contributed by atoms with Crippen molar-refractivity contribution < 1.29 is 13.7 Å². The van der Waals surface area contributed by atoms with Gasteiger partial charge in [0, 0.05) is 42.5 Å². The molecule has 4 aromatic rings. The minimum absolute atomic E-state index is 0.0500. The summed E-state index contributed by atoms with van der Waals surface area (Å²) < 4.78 is 20.1. The molecular weight excluding hydrogens is 423 g/mol. The van der Waals surface area contributed by atoms with Gasteiger partial charge in [0.15, 0.2) is 0 Å². The summed E-state index contributed by atoms with van der Waals surface area (Å²) in [4.78, 5) is 31.6. The molecule has 0 radical (unpaired) electrons. The Balaban J connectivity index is 1.27. The van der Waals surface area contributed by atoms with Crippen LogP contribution in [0.2, 0.25) is 0 Å². The lowest BCUT2D eigenvalue weighted by Crippen LogP contribution is -2.38. The molecule has 2 aromatic carbocycles. The molecule has 1 aliphatic rings. The van der Waals surface area contributed by atoms with Gasteiger partial charge in [0.2, 0.25) is 11.7 Å². The Morgan fingerprint density at radius 1 is 0.970 bits per heavy atom. The zero-order valence-corrected chi connectivity index (χ0v) is 17.7. The van der Waals surface area contributed by atoms with Crippen LogP contribution >= 0.6 is 0 Å². The second-order valence-electron chi connectivity index (χ2n) is 7.99. The Labute approximate surface area is 189 Å². The fourth-order valence-corrected chi connectivity index (χ4v) is 4.03. The summed E-state index contributed by atoms with van der Waals surface area (Å²) in [6.07, 6.45) is 2.98. The van der Waals surface area contributed by atoms with Crippen LogP contribution in [0.15, 0.2) is 82.2 Å². The highest BCUT2D eigenvalue weighted by atomic mass is 19.1. The number of halogens is 1. The molecule has 33 heavy (non-hydrogen) atoms. The van der Waals surface area contributed by atoms with E-state index in [9.17, 15) is 14.0 Å². The predicted molar refractivity (Wildman–Crippen MR) is 120 cm³/mol. The van der Waals surface area contributed by atoms with E-state index in [1.165, 1.54) is 22.8 Å². The summed E-state index contributed by atoms with van der Waals surface area (Å²) >= 11 is 0. The molecule has 8 heteroatoms. The van der Waals surface area contributed by atoms with Crippen LogP contribution in [-0.4, -0.2) is 38.6 Å². The maximum atomic E-state index is 13.1. The van der Waals surface area contributed by atoms with Gasteiger partial charge in [-0.1, -0.05) is 23.4 Å². The molecule has 0 spiro atoms. The Bertz CT molecular complexity index is 1320. The first kappa shape index (κ1) is 20.8. The number of para-hydroxylation sites is 1. The minimum Gasteiger partial charge on any atom is -0.339 e. The van der Waals surface area contributed by atoms with Gasteiger partial charge < -0.3 is 9.42 Å². The van der Waals surface area contributed by atoms with Crippen LogP contribution in [0.25, 0.3) is 17.1 Å². The second kappa shape index (κ2) is 8.82. The van der Waals surface area contributed by atoms with E-state index in [-0.39, 0.29) is 23.2 Å². The van der Waals surface area contributed by atoms with Crippen LogP contribution in [0.3, 0.4) is 0 Å². The monoisotopic (exact) mass is 444 g/mol. The molecule has 0 bridgehead atoms. The van der Waals surface area contributed by atoms with E-state index in [4.69, 9.17) is 4.52 Å². The number of hydrogen-bond donors (Lipinski definition) is 0. The van der Waals surface area contributed by atoms with Crippen LogP contribution in [0, 0.1) is 5.82 Å². The number of aromatic nitrogens is 3. The molecular formula is C25H21FN4O3. The summed E-state index contributed by atoms with van der Waals surface area (Å²) in [6, 6.07) is 18.1. The van der Waals surface area contributed by atoms with Gasteiger partial charge >= 0.3 is 0 Å². The van der Waals surface area contributed by atoms with Crippen LogP contribution in [0.1, 0.15) is 35.0 Å². The summed E-state index contributed by atoms with van der Waals surface area (Å²) in [5, 5.41) is 4.02. The Morgan fingerprint density at radius 2 is 1.70 bits per heavy atom. The SMILES string of the molecule is O=C(c1ccc(=O)n(-c2ccccc2)c1)N1CCC(c2nc(-c3ccc(F)cc3)no2)CC1. The van der Waals surface area contributed by atoms with Gasteiger partial charge in [-0.05, 0) is 55.3 Å². The summed E-state index contributed by atoms with van der Waals surface area (Å²) in [6.45, 7) is 1.09. The molecule has 1 fully saturated rings. The van der Waals surface area contributed by atoms with Crippen LogP contribution in [-0.2, 0) is 0 Å². The van der Waals surface area contributed by atoms with Crippen molar-refractivity contribution in [1.82, 2.24) is 19.6 Å². The van der Waals surface area contributed by atoms with E-state index in [0.717, 1.165) is 0 Å². The number of pyridine rings is 1. The van der Waals surface area contributed by atoms with Crippen LogP contribution in [0.4, 0.5) is 4.39 Å². The molecule has 7 nitrogen and oxygen atoms in total. The zero-order chi connectivity index (χ0) is 22.8. The maximum absolute atomic E-state index is 13.1. The molecule has 0 atom stereocenters. The van der Waals surface area contributed by atoms with E-state index in [1.807, 2.05) is 30.3 Å². The fourth-order valence-electron chi connectivity index (χ4n) is 4.03. The predicted octanol–water partition coefficient (Wildman–Crippen LogP) is 4.05. The zero-order valence-electron chi connectivity index (χ0n) is 17.7. The van der Waals surface area contributed by atoms with Crippen LogP contribution in [0.5, 0.6) is 0 Å². The van der Waals surface area contributed by atoms with Crippen molar-refractivity contribution in [2.45, 2.75) is 18.8 Å². The van der Waals surface area contributed by atoms with Gasteiger partial charge in [-0.25, -0.2) is 4.39 Å². The van der Waals surface area contributed by atoms with Gasteiger partial charge in [-0.3, -0.25) is 14.2 Å². The standard InChI is InChI=1S/C25H21FN4O3/c26-20-9-6-17(7-10-20)23-27-24(33-28-23)18-12-14-29(15-13-18)25(32)19-8-11-22(31)30(16-19)21-4-2-1-3-5-21/h1-11,16,18H,12-15H2. The lowest BCUT2D eigenvalue weighted by atomic mass is 9.96. The number of amides is 1. The average molecular weight is 444 g/mol. The molecule has 0 aliphatic carbocycles. The van der Waals surface area contributed by atoms with E-state index < -0.39 is 0 Å². The Hall–Kier alpha value is -4.07. The third kappa shape index (κ3) is 4.32. The smallest absolute Gasteiger partial charge is 0.255 e. The molecule has 166 valence electrons. The van der Waals surface area contributed by atoms with Gasteiger partial charge in [-0.15, -0.1) is 0 Å². The van der Waals surface area contributed by atoms with Crippen molar-refractivity contribution in [2.24, 2.45) is 0 Å². The van der Waals surface area contributed by atoms with Gasteiger partial charge in [0.05, 0.1) is 5.56 Å². The lowest BCUT2D eigenvalue weighted by Gasteiger charge is -2.30. The van der Waals surface area contributed by atoms with Crippen molar-refractivity contribution in [1.29, 1.82) is 0 Å². The molecule has 5 rings (SSSR count). The molecule has 1 amide bonds. The topological polar surface area (TPSA) is 81.2 Å². The number of benzene rings is 2. The van der Waals surface area contributed by atoms with Gasteiger partial charge in [0.1, 0.15) is 5.82 Å². The molecule has 1 saturated heterocycles. The van der Waals surface area contributed by atoms with Crippen molar-refractivity contribution in [3.05, 3.63) is 101 Å². The molecule has 0 saturated carbocycles. The first-order valence-electron chi connectivity index (χ1n) is 10.8. The summed E-state index contributed by atoms with van der Waals surface area (Å²) in [5.74, 6) is 0.564. The summed E-state index contributed by atoms with van der Waals surface area (Å²) in [5.41, 5.74) is 1.68.